The summed E-state index contributed by atoms with van der Waals surface area (Å²) in [5, 5.41) is 3.21. The highest BCUT2D eigenvalue weighted by Crippen LogP contribution is 2.27. The molecule has 0 N–H and O–H groups in total. The number of hydrogen-bond acceptors (Lipinski definition) is 6. The summed E-state index contributed by atoms with van der Waals surface area (Å²) in [7, 11) is 0. The van der Waals surface area contributed by atoms with E-state index >= 15 is 0 Å². The molecule has 0 spiro atoms. The van der Waals surface area contributed by atoms with E-state index in [1.807, 2.05) is 0 Å². The van der Waals surface area contributed by atoms with Crippen molar-refractivity contribution < 1.29 is 4.79 Å². The lowest BCUT2D eigenvalue weighted by molar-refractivity contribution is -0.135. The molecule has 2 aromatic rings. The van der Waals surface area contributed by atoms with Crippen LogP contribution in [-0.2, 0) is 4.79 Å². The predicted molar refractivity (Wildman–Crippen MR) is 106 cm³/mol. The van der Waals surface area contributed by atoms with Gasteiger partial charge in [-0.25, -0.2) is 9.97 Å². The molecular weight excluding hydrogens is 346 g/mol. The summed E-state index contributed by atoms with van der Waals surface area (Å²) < 4.78 is 0. The van der Waals surface area contributed by atoms with Crippen molar-refractivity contribution in [1.29, 1.82) is 0 Å². The molecule has 2 unspecified atom stereocenters. The SMILES string of the molecule is CC1CC(C)CN(C(=O)CN2CCN(c3ncnc4sccc34)CC2)C1. The molecule has 140 valence electrons. The average Bonchev–Trinajstić information content (AvgIpc) is 3.10. The summed E-state index contributed by atoms with van der Waals surface area (Å²) in [5.41, 5.74) is 0. The average molecular weight is 374 g/mol. The van der Waals surface area contributed by atoms with E-state index in [0.29, 0.717) is 24.3 Å². The summed E-state index contributed by atoms with van der Waals surface area (Å²) in [6.45, 7) is 10.5. The lowest BCUT2D eigenvalue weighted by atomic mass is 9.92. The molecule has 0 saturated carbocycles. The van der Waals surface area contributed by atoms with Gasteiger partial charge in [-0.05, 0) is 29.7 Å². The van der Waals surface area contributed by atoms with Crippen LogP contribution in [-0.4, -0.2) is 71.5 Å². The lowest BCUT2D eigenvalue weighted by Gasteiger charge is -2.38. The third kappa shape index (κ3) is 3.69. The molecule has 4 heterocycles. The van der Waals surface area contributed by atoms with Gasteiger partial charge in [-0.3, -0.25) is 9.69 Å². The first kappa shape index (κ1) is 17.7. The summed E-state index contributed by atoms with van der Waals surface area (Å²) in [4.78, 5) is 29.3. The van der Waals surface area contributed by atoms with Gasteiger partial charge >= 0.3 is 0 Å². The molecule has 2 aliphatic heterocycles. The third-order valence-corrected chi connectivity index (χ3v) is 6.31. The van der Waals surface area contributed by atoms with Crippen molar-refractivity contribution in [3.05, 3.63) is 17.8 Å². The van der Waals surface area contributed by atoms with Crippen LogP contribution in [0.15, 0.2) is 17.8 Å². The molecule has 1 amide bonds. The van der Waals surface area contributed by atoms with Gasteiger partial charge in [0.1, 0.15) is 17.0 Å². The number of piperazine rings is 1. The van der Waals surface area contributed by atoms with Gasteiger partial charge < -0.3 is 9.80 Å². The number of anilines is 1. The van der Waals surface area contributed by atoms with E-state index < -0.39 is 0 Å². The highest BCUT2D eigenvalue weighted by Gasteiger charge is 2.28. The zero-order valence-electron chi connectivity index (χ0n) is 15.6. The Bertz CT molecular complexity index is 760. The number of nitrogens with zero attached hydrogens (tertiary/aromatic N) is 5. The van der Waals surface area contributed by atoms with Gasteiger partial charge in [0, 0.05) is 39.3 Å². The summed E-state index contributed by atoms with van der Waals surface area (Å²) in [6.07, 6.45) is 2.89. The maximum atomic E-state index is 12.7. The molecule has 2 aliphatic rings. The third-order valence-electron chi connectivity index (χ3n) is 5.49. The van der Waals surface area contributed by atoms with Crippen molar-refractivity contribution in [1.82, 2.24) is 19.8 Å². The first-order valence-corrected chi connectivity index (χ1v) is 10.4. The standard InChI is InChI=1S/C19H27N5OS/c1-14-9-15(2)11-24(10-14)17(25)12-22-4-6-23(7-5-22)18-16-3-8-26-19(16)21-13-20-18/h3,8,13-15H,4-7,9-12H2,1-2H3. The second-order valence-electron chi connectivity index (χ2n) is 7.84. The minimum absolute atomic E-state index is 0.291. The highest BCUT2D eigenvalue weighted by molar-refractivity contribution is 7.16. The fourth-order valence-electron chi connectivity index (χ4n) is 4.30. The second-order valence-corrected chi connectivity index (χ2v) is 8.74. The molecule has 0 aromatic carbocycles. The Hall–Kier alpha value is -1.73. The molecule has 4 rings (SSSR count). The van der Waals surface area contributed by atoms with Crippen molar-refractivity contribution in [2.24, 2.45) is 11.8 Å². The molecule has 2 saturated heterocycles. The van der Waals surface area contributed by atoms with Gasteiger partial charge in [0.25, 0.3) is 0 Å². The van der Waals surface area contributed by atoms with Crippen molar-refractivity contribution in [3.63, 3.8) is 0 Å². The molecule has 0 radical (unpaired) electrons. The maximum Gasteiger partial charge on any atom is 0.236 e. The van der Waals surface area contributed by atoms with E-state index in [4.69, 9.17) is 0 Å². The molecule has 7 heteroatoms. The van der Waals surface area contributed by atoms with Crippen LogP contribution in [0.5, 0.6) is 0 Å². The van der Waals surface area contributed by atoms with E-state index in [1.54, 1.807) is 17.7 Å². The number of carbonyl (C=O) groups is 1. The van der Waals surface area contributed by atoms with Crippen LogP contribution in [0.25, 0.3) is 10.2 Å². The quantitative estimate of drug-likeness (QED) is 0.826. The van der Waals surface area contributed by atoms with Gasteiger partial charge in [0.2, 0.25) is 5.91 Å². The van der Waals surface area contributed by atoms with E-state index in [9.17, 15) is 4.79 Å². The fourth-order valence-corrected chi connectivity index (χ4v) is 5.03. The van der Waals surface area contributed by atoms with Crippen molar-refractivity contribution >= 4 is 33.3 Å². The molecule has 6 nitrogen and oxygen atoms in total. The van der Waals surface area contributed by atoms with Crippen LogP contribution in [0.2, 0.25) is 0 Å². The largest absolute Gasteiger partial charge is 0.353 e. The highest BCUT2D eigenvalue weighted by atomic mass is 32.1. The minimum Gasteiger partial charge on any atom is -0.353 e. The summed E-state index contributed by atoms with van der Waals surface area (Å²) in [5.74, 6) is 2.55. The smallest absolute Gasteiger partial charge is 0.236 e. The van der Waals surface area contributed by atoms with Crippen molar-refractivity contribution in [2.45, 2.75) is 20.3 Å². The van der Waals surface area contributed by atoms with E-state index in [0.717, 1.165) is 55.3 Å². The Morgan fingerprint density at radius 1 is 1.15 bits per heavy atom. The second kappa shape index (κ2) is 7.48. The Labute approximate surface area is 158 Å². The first-order valence-electron chi connectivity index (χ1n) is 9.53. The van der Waals surface area contributed by atoms with Crippen LogP contribution in [0.3, 0.4) is 0 Å². The maximum absolute atomic E-state index is 12.7. The van der Waals surface area contributed by atoms with E-state index in [-0.39, 0.29) is 0 Å². The molecule has 2 aromatic heterocycles. The normalized spacial score (nSPS) is 25.0. The Morgan fingerprint density at radius 2 is 1.88 bits per heavy atom. The van der Waals surface area contributed by atoms with Crippen LogP contribution < -0.4 is 4.90 Å². The first-order chi connectivity index (χ1) is 12.6. The number of piperidine rings is 1. The molecule has 2 atom stereocenters. The molecule has 0 bridgehead atoms. The molecule has 26 heavy (non-hydrogen) atoms. The molecular formula is C19H27N5OS. The molecule has 0 aliphatic carbocycles. The van der Waals surface area contributed by atoms with Gasteiger partial charge in [-0.15, -0.1) is 11.3 Å². The van der Waals surface area contributed by atoms with Gasteiger partial charge in [-0.1, -0.05) is 13.8 Å². The van der Waals surface area contributed by atoms with Crippen LogP contribution in [0, 0.1) is 11.8 Å². The lowest BCUT2D eigenvalue weighted by Crippen LogP contribution is -2.52. The Morgan fingerprint density at radius 3 is 2.62 bits per heavy atom. The fraction of sp³-hybridized carbons (Fsp3) is 0.632. The van der Waals surface area contributed by atoms with Crippen molar-refractivity contribution in [3.8, 4) is 0 Å². The van der Waals surface area contributed by atoms with Gasteiger partial charge in [0.15, 0.2) is 0 Å². The zero-order valence-corrected chi connectivity index (χ0v) is 16.4. The van der Waals surface area contributed by atoms with Crippen LogP contribution >= 0.6 is 11.3 Å². The summed E-state index contributed by atoms with van der Waals surface area (Å²) >= 11 is 1.65. The minimum atomic E-state index is 0.291. The number of likely N-dealkylation sites (tertiary alicyclic amines) is 1. The zero-order chi connectivity index (χ0) is 18.1. The van der Waals surface area contributed by atoms with Crippen LogP contribution in [0.4, 0.5) is 5.82 Å². The Kier molecular flexibility index (Phi) is 5.09. The number of rotatable bonds is 3. The number of fused-ring (bicyclic) bond motifs is 1. The Balaban J connectivity index is 1.34. The van der Waals surface area contributed by atoms with E-state index in [2.05, 4.69) is 50.0 Å². The topological polar surface area (TPSA) is 52.6 Å². The monoisotopic (exact) mass is 373 g/mol. The van der Waals surface area contributed by atoms with Gasteiger partial charge in [-0.2, -0.15) is 0 Å². The number of hydrogen-bond donors (Lipinski definition) is 0. The number of amides is 1. The number of carbonyl (C=O) groups excluding carboxylic acids is 1. The van der Waals surface area contributed by atoms with E-state index in [1.165, 1.54) is 6.42 Å². The molecule has 2 fully saturated rings. The summed E-state index contributed by atoms with van der Waals surface area (Å²) in [6, 6.07) is 2.10. The van der Waals surface area contributed by atoms with Crippen LogP contribution in [0.1, 0.15) is 20.3 Å². The number of aromatic nitrogens is 2. The van der Waals surface area contributed by atoms with Gasteiger partial charge in [0.05, 0.1) is 11.9 Å². The predicted octanol–water partition coefficient (Wildman–Crippen LogP) is 2.32. The van der Waals surface area contributed by atoms with Crippen molar-refractivity contribution in [2.75, 3.05) is 50.7 Å². The number of thiophene rings is 1.